The number of aryl methyl sites for hydroxylation is 1. The number of aliphatic imine (C=N–C) groups is 1. The second kappa shape index (κ2) is 10.5. The molecule has 2 aromatic rings. The normalized spacial score (nSPS) is 20.7. The first-order valence-electron chi connectivity index (χ1n) is 10.9. The number of nitrogens with one attached hydrogen (secondary N) is 1. The molecule has 3 heterocycles. The average molecular weight is 503 g/mol. The number of carboxylic acid groups (broad SMARTS) is 1. The predicted molar refractivity (Wildman–Crippen MR) is 126 cm³/mol. The van der Waals surface area contributed by atoms with Crippen molar-refractivity contribution >= 4 is 29.4 Å². The van der Waals surface area contributed by atoms with Crippen LogP contribution in [0.15, 0.2) is 52.8 Å². The van der Waals surface area contributed by atoms with Crippen LogP contribution in [0.4, 0.5) is 4.39 Å². The first kappa shape index (κ1) is 24.8. The zero-order chi connectivity index (χ0) is 25.1. The quantitative estimate of drug-likeness (QED) is 0.579. The SMILES string of the molecule is COC(=O)C1=C(CN2CCOCC2C(=O)O)NC(c2cc(C)ccn2)=NC1c1ccc(F)cc1Cl. The number of benzene rings is 1. The van der Waals surface area contributed by atoms with Gasteiger partial charge in [-0.25, -0.2) is 9.18 Å². The highest BCUT2D eigenvalue weighted by atomic mass is 35.5. The molecule has 9 nitrogen and oxygen atoms in total. The van der Waals surface area contributed by atoms with Crippen LogP contribution in [0.1, 0.15) is 22.9 Å². The van der Waals surface area contributed by atoms with Gasteiger partial charge >= 0.3 is 11.9 Å². The van der Waals surface area contributed by atoms with Gasteiger partial charge in [0.2, 0.25) is 0 Å². The zero-order valence-electron chi connectivity index (χ0n) is 19.1. The average Bonchev–Trinajstić information content (AvgIpc) is 2.83. The number of hydrogen-bond acceptors (Lipinski definition) is 8. The van der Waals surface area contributed by atoms with Gasteiger partial charge < -0.3 is 19.9 Å². The number of pyridine rings is 1. The van der Waals surface area contributed by atoms with Crippen molar-refractivity contribution in [3.05, 3.63) is 75.5 Å². The maximum absolute atomic E-state index is 13.8. The number of methoxy groups -OCH3 is 1. The monoisotopic (exact) mass is 502 g/mol. The lowest BCUT2D eigenvalue weighted by molar-refractivity contribution is -0.149. The Morgan fingerprint density at radius 2 is 2.14 bits per heavy atom. The molecule has 11 heteroatoms. The molecule has 0 saturated carbocycles. The lowest BCUT2D eigenvalue weighted by Crippen LogP contribution is -2.52. The summed E-state index contributed by atoms with van der Waals surface area (Å²) < 4.78 is 24.2. The second-order valence-corrected chi connectivity index (χ2v) is 8.58. The van der Waals surface area contributed by atoms with Crippen molar-refractivity contribution in [1.82, 2.24) is 15.2 Å². The van der Waals surface area contributed by atoms with Crippen LogP contribution in [-0.2, 0) is 19.1 Å². The van der Waals surface area contributed by atoms with Crippen molar-refractivity contribution < 1.29 is 28.6 Å². The summed E-state index contributed by atoms with van der Waals surface area (Å²) in [4.78, 5) is 35.6. The first-order valence-corrected chi connectivity index (χ1v) is 11.2. The molecule has 2 atom stereocenters. The molecule has 2 N–H and O–H groups in total. The number of carboxylic acids is 1. The van der Waals surface area contributed by atoms with Gasteiger partial charge in [-0.15, -0.1) is 0 Å². The summed E-state index contributed by atoms with van der Waals surface area (Å²) >= 11 is 6.37. The third-order valence-corrected chi connectivity index (χ3v) is 6.16. The molecule has 1 fully saturated rings. The lowest BCUT2D eigenvalue weighted by atomic mass is 9.94. The number of amidine groups is 1. The van der Waals surface area contributed by atoms with Gasteiger partial charge in [-0.05, 0) is 36.8 Å². The molecule has 2 aliphatic rings. The Labute approximate surface area is 206 Å². The minimum atomic E-state index is -1.03. The number of morpholine rings is 1. The van der Waals surface area contributed by atoms with Gasteiger partial charge in [0.05, 0.1) is 25.9 Å². The van der Waals surface area contributed by atoms with Crippen LogP contribution in [0.3, 0.4) is 0 Å². The Kier molecular flexibility index (Phi) is 7.44. The molecular weight excluding hydrogens is 479 g/mol. The maximum Gasteiger partial charge on any atom is 0.338 e. The molecule has 1 aromatic heterocycles. The van der Waals surface area contributed by atoms with E-state index < -0.39 is 29.8 Å². The third kappa shape index (κ3) is 5.34. The van der Waals surface area contributed by atoms with Gasteiger partial charge in [-0.1, -0.05) is 17.7 Å². The van der Waals surface area contributed by atoms with Gasteiger partial charge in [0, 0.05) is 35.6 Å². The van der Waals surface area contributed by atoms with Gasteiger partial charge in [0.15, 0.2) is 5.84 Å². The van der Waals surface area contributed by atoms with Crippen LogP contribution in [0.2, 0.25) is 5.02 Å². The topological polar surface area (TPSA) is 113 Å². The van der Waals surface area contributed by atoms with E-state index in [0.29, 0.717) is 35.9 Å². The summed E-state index contributed by atoms with van der Waals surface area (Å²) in [5.74, 6) is -1.87. The number of aliphatic carboxylic acids is 1. The van der Waals surface area contributed by atoms with Crippen LogP contribution in [0.5, 0.6) is 0 Å². The summed E-state index contributed by atoms with van der Waals surface area (Å²) in [6.07, 6.45) is 1.64. The molecule has 0 spiro atoms. The number of rotatable bonds is 6. The van der Waals surface area contributed by atoms with E-state index in [1.165, 1.54) is 19.2 Å². The van der Waals surface area contributed by atoms with E-state index in [0.717, 1.165) is 11.6 Å². The highest BCUT2D eigenvalue weighted by Crippen LogP contribution is 2.36. The van der Waals surface area contributed by atoms with Gasteiger partial charge in [-0.2, -0.15) is 0 Å². The fraction of sp³-hybridized carbons (Fsp3) is 0.333. The Morgan fingerprint density at radius 1 is 1.34 bits per heavy atom. The van der Waals surface area contributed by atoms with Crippen molar-refractivity contribution in [3.63, 3.8) is 0 Å². The summed E-state index contributed by atoms with van der Waals surface area (Å²) in [5, 5.41) is 12.9. The minimum absolute atomic E-state index is 0.0176. The highest BCUT2D eigenvalue weighted by molar-refractivity contribution is 6.31. The molecule has 1 saturated heterocycles. The van der Waals surface area contributed by atoms with Gasteiger partial charge in [-0.3, -0.25) is 19.7 Å². The number of esters is 1. The fourth-order valence-electron chi connectivity index (χ4n) is 4.07. The molecule has 0 bridgehead atoms. The standard InChI is InChI=1S/C24H24ClFN4O5/c1-13-5-6-27-17(9-13)22-28-18(11-30-7-8-35-12-19(30)23(31)32)20(24(33)34-2)21(29-22)15-4-3-14(26)10-16(15)25/h3-6,9-10,19,21H,7-8,11-12H2,1-2H3,(H,28,29)(H,31,32). The molecular formula is C24H24ClFN4O5. The van der Waals surface area contributed by atoms with Crippen LogP contribution in [0, 0.1) is 12.7 Å². The molecule has 4 rings (SSSR count). The van der Waals surface area contributed by atoms with E-state index in [9.17, 15) is 19.1 Å². The molecule has 35 heavy (non-hydrogen) atoms. The zero-order valence-corrected chi connectivity index (χ0v) is 19.9. The smallest absolute Gasteiger partial charge is 0.338 e. The van der Waals surface area contributed by atoms with Crippen molar-refractivity contribution in [1.29, 1.82) is 0 Å². The highest BCUT2D eigenvalue weighted by Gasteiger charge is 2.36. The van der Waals surface area contributed by atoms with E-state index in [4.69, 9.17) is 26.1 Å². The molecule has 184 valence electrons. The Morgan fingerprint density at radius 3 is 2.83 bits per heavy atom. The largest absolute Gasteiger partial charge is 0.480 e. The van der Waals surface area contributed by atoms with Gasteiger partial charge in [0.1, 0.15) is 23.6 Å². The van der Waals surface area contributed by atoms with E-state index >= 15 is 0 Å². The number of halogens is 2. The molecule has 2 aliphatic heterocycles. The fourth-order valence-corrected chi connectivity index (χ4v) is 4.34. The number of hydrogen-bond donors (Lipinski definition) is 2. The first-order chi connectivity index (χ1) is 16.8. The predicted octanol–water partition coefficient (Wildman–Crippen LogP) is 2.49. The minimum Gasteiger partial charge on any atom is -0.480 e. The Hall–Kier alpha value is -3.34. The molecule has 2 unspecified atom stereocenters. The number of aromatic nitrogens is 1. The summed E-state index contributed by atoms with van der Waals surface area (Å²) in [6.45, 7) is 2.69. The number of ether oxygens (including phenoxy) is 2. The Bertz CT molecular complexity index is 1220. The van der Waals surface area contributed by atoms with E-state index in [1.807, 2.05) is 19.1 Å². The van der Waals surface area contributed by atoms with Gasteiger partial charge in [0.25, 0.3) is 0 Å². The summed E-state index contributed by atoms with van der Waals surface area (Å²) in [7, 11) is 1.24. The summed E-state index contributed by atoms with van der Waals surface area (Å²) in [5.41, 5.74) is 2.40. The van der Waals surface area contributed by atoms with Crippen molar-refractivity contribution in [2.45, 2.75) is 19.0 Å². The van der Waals surface area contributed by atoms with Crippen molar-refractivity contribution in [2.24, 2.45) is 4.99 Å². The van der Waals surface area contributed by atoms with Crippen molar-refractivity contribution in [3.8, 4) is 0 Å². The van der Waals surface area contributed by atoms with E-state index in [-0.39, 0.29) is 23.7 Å². The molecule has 1 aromatic carbocycles. The molecule has 0 amide bonds. The second-order valence-electron chi connectivity index (χ2n) is 8.17. The third-order valence-electron chi connectivity index (χ3n) is 5.83. The number of carbonyl (C=O) groups is 2. The summed E-state index contributed by atoms with van der Waals surface area (Å²) in [6, 6.07) is 5.68. The number of nitrogens with zero attached hydrogens (tertiary/aromatic N) is 3. The van der Waals surface area contributed by atoms with Crippen LogP contribution in [0.25, 0.3) is 0 Å². The lowest BCUT2D eigenvalue weighted by Gasteiger charge is -2.35. The van der Waals surface area contributed by atoms with E-state index in [1.54, 1.807) is 11.1 Å². The van der Waals surface area contributed by atoms with Crippen LogP contribution in [-0.4, -0.2) is 72.2 Å². The van der Waals surface area contributed by atoms with E-state index in [2.05, 4.69) is 10.3 Å². The van der Waals surface area contributed by atoms with Crippen molar-refractivity contribution in [2.75, 3.05) is 33.4 Å². The van der Waals surface area contributed by atoms with Crippen LogP contribution < -0.4 is 5.32 Å². The van der Waals surface area contributed by atoms with Crippen LogP contribution >= 0.6 is 11.6 Å². The Balaban J connectivity index is 1.85. The molecule has 0 radical (unpaired) electrons. The maximum atomic E-state index is 13.8. The number of carbonyl (C=O) groups excluding carboxylic acids is 1. The molecule has 0 aliphatic carbocycles.